The molecule has 2 rings (SSSR count). The second-order valence-corrected chi connectivity index (χ2v) is 6.82. The highest BCUT2D eigenvalue weighted by atomic mass is 32.2. The third-order valence-electron chi connectivity index (χ3n) is 3.23. The van der Waals surface area contributed by atoms with Crippen LogP contribution < -0.4 is 20.5 Å². The van der Waals surface area contributed by atoms with Crippen molar-refractivity contribution in [2.45, 2.75) is 18.7 Å². The number of sulfonamides is 1. The minimum atomic E-state index is -3.75. The molecular formula is C16H19N3O4S. The van der Waals surface area contributed by atoms with E-state index in [0.717, 1.165) is 11.1 Å². The van der Waals surface area contributed by atoms with E-state index >= 15 is 0 Å². The number of carbonyl (C=O) groups is 1. The molecule has 8 heteroatoms. The van der Waals surface area contributed by atoms with E-state index in [-0.39, 0.29) is 11.6 Å². The lowest BCUT2D eigenvalue weighted by Gasteiger charge is -2.11. The summed E-state index contributed by atoms with van der Waals surface area (Å²) in [6.07, 6.45) is 0. The molecule has 4 N–H and O–H groups in total. The maximum absolute atomic E-state index is 11.8. The summed E-state index contributed by atoms with van der Waals surface area (Å²) in [5, 5.41) is 10.1. The van der Waals surface area contributed by atoms with Crippen LogP contribution in [0.1, 0.15) is 11.1 Å². The minimum absolute atomic E-state index is 0.00496. The number of carbonyl (C=O) groups excluding carboxylic acids is 1. The quantitative estimate of drug-likeness (QED) is 0.718. The Kier molecular flexibility index (Phi) is 5.42. The van der Waals surface area contributed by atoms with E-state index in [4.69, 9.17) is 9.88 Å². The van der Waals surface area contributed by atoms with Crippen LogP contribution in [-0.2, 0) is 10.0 Å². The highest BCUT2D eigenvalue weighted by Crippen LogP contribution is 2.18. The van der Waals surface area contributed by atoms with Crippen LogP contribution in [0.4, 0.5) is 10.5 Å². The molecule has 0 saturated heterocycles. The molecule has 128 valence electrons. The van der Waals surface area contributed by atoms with Crippen LogP contribution in [0.15, 0.2) is 47.4 Å². The number of nitrogens with two attached hydrogens (primary N) is 1. The lowest BCUT2D eigenvalue weighted by Crippen LogP contribution is -2.32. The zero-order valence-corrected chi connectivity index (χ0v) is 14.2. The van der Waals surface area contributed by atoms with E-state index in [2.05, 4.69) is 10.6 Å². The first kappa shape index (κ1) is 17.8. The van der Waals surface area contributed by atoms with Gasteiger partial charge >= 0.3 is 6.03 Å². The van der Waals surface area contributed by atoms with Gasteiger partial charge in [-0.05, 0) is 49.7 Å². The van der Waals surface area contributed by atoms with Crippen molar-refractivity contribution in [3.63, 3.8) is 0 Å². The summed E-state index contributed by atoms with van der Waals surface area (Å²) in [5.74, 6) is 0.693. The molecule has 24 heavy (non-hydrogen) atoms. The molecule has 0 spiro atoms. The van der Waals surface area contributed by atoms with Gasteiger partial charge in [-0.15, -0.1) is 0 Å². The van der Waals surface area contributed by atoms with Crippen LogP contribution >= 0.6 is 0 Å². The van der Waals surface area contributed by atoms with Crippen molar-refractivity contribution >= 4 is 21.7 Å². The summed E-state index contributed by atoms with van der Waals surface area (Å²) in [6.45, 7) is 3.92. The summed E-state index contributed by atoms with van der Waals surface area (Å²) in [7, 11) is -3.75. The molecule has 0 aliphatic carbocycles. The van der Waals surface area contributed by atoms with Crippen molar-refractivity contribution in [3.8, 4) is 5.75 Å². The Hall–Kier alpha value is -2.58. The summed E-state index contributed by atoms with van der Waals surface area (Å²) in [4.78, 5) is 11.8. The van der Waals surface area contributed by atoms with Crippen LogP contribution in [0.25, 0.3) is 0 Å². The number of primary sulfonamides is 1. The molecule has 0 aromatic heterocycles. The van der Waals surface area contributed by atoms with Gasteiger partial charge in [0.1, 0.15) is 5.75 Å². The average Bonchev–Trinajstić information content (AvgIpc) is 2.49. The maximum atomic E-state index is 11.8. The van der Waals surface area contributed by atoms with Gasteiger partial charge in [-0.3, -0.25) is 0 Å². The number of hydrogen-bond donors (Lipinski definition) is 3. The Labute approximate surface area is 140 Å². The van der Waals surface area contributed by atoms with Gasteiger partial charge in [-0.25, -0.2) is 18.4 Å². The molecule has 0 heterocycles. The molecule has 0 unspecified atom stereocenters. The van der Waals surface area contributed by atoms with Crippen LogP contribution in [0, 0.1) is 13.8 Å². The van der Waals surface area contributed by atoms with Gasteiger partial charge in [-0.2, -0.15) is 0 Å². The van der Waals surface area contributed by atoms with E-state index in [1.807, 2.05) is 32.0 Å². The Morgan fingerprint density at radius 2 is 1.79 bits per heavy atom. The summed E-state index contributed by atoms with van der Waals surface area (Å²) in [6, 6.07) is 10.8. The number of hydrogen-bond acceptors (Lipinski definition) is 4. The van der Waals surface area contributed by atoms with Crippen molar-refractivity contribution in [3.05, 3.63) is 53.6 Å². The van der Waals surface area contributed by atoms with Gasteiger partial charge in [-0.1, -0.05) is 17.7 Å². The second kappa shape index (κ2) is 7.33. The van der Waals surface area contributed by atoms with E-state index in [0.29, 0.717) is 11.4 Å². The van der Waals surface area contributed by atoms with Crippen molar-refractivity contribution in [1.82, 2.24) is 5.32 Å². The van der Waals surface area contributed by atoms with Crippen LogP contribution in [-0.4, -0.2) is 21.2 Å². The fourth-order valence-electron chi connectivity index (χ4n) is 2.04. The molecular weight excluding hydrogens is 330 g/mol. The highest BCUT2D eigenvalue weighted by molar-refractivity contribution is 7.89. The molecule has 0 bridgehead atoms. The van der Waals surface area contributed by atoms with E-state index < -0.39 is 16.1 Å². The number of urea groups is 1. The Morgan fingerprint density at radius 1 is 1.12 bits per heavy atom. The van der Waals surface area contributed by atoms with E-state index in [9.17, 15) is 13.2 Å². The standard InChI is InChI=1S/C16H19N3O4S/c1-11-3-8-15(12(2)9-11)23-10-18-16(20)19-13-4-6-14(7-5-13)24(17,21)22/h3-9H,10H2,1-2H3,(H2,17,21,22)(H2,18,19,20). The fraction of sp³-hybridized carbons (Fsp3) is 0.188. The smallest absolute Gasteiger partial charge is 0.321 e. The third kappa shape index (κ3) is 4.97. The number of anilines is 1. The van der Waals surface area contributed by atoms with Crippen LogP contribution in [0.2, 0.25) is 0 Å². The molecule has 7 nitrogen and oxygen atoms in total. The molecule has 2 aromatic rings. The first-order chi connectivity index (χ1) is 11.3. The first-order valence-corrected chi connectivity index (χ1v) is 8.68. The van der Waals surface area contributed by atoms with Crippen molar-refractivity contribution in [2.24, 2.45) is 5.14 Å². The number of nitrogens with one attached hydrogen (secondary N) is 2. The molecule has 0 aliphatic rings. The van der Waals surface area contributed by atoms with Gasteiger partial charge in [0.15, 0.2) is 6.73 Å². The van der Waals surface area contributed by atoms with Crippen molar-refractivity contribution in [2.75, 3.05) is 12.0 Å². The fourth-order valence-corrected chi connectivity index (χ4v) is 2.56. The zero-order valence-electron chi connectivity index (χ0n) is 13.4. The lowest BCUT2D eigenvalue weighted by atomic mass is 10.1. The molecule has 0 atom stereocenters. The largest absolute Gasteiger partial charge is 0.473 e. The van der Waals surface area contributed by atoms with Crippen molar-refractivity contribution < 1.29 is 17.9 Å². The normalized spacial score (nSPS) is 11.0. The van der Waals surface area contributed by atoms with Crippen molar-refractivity contribution in [1.29, 1.82) is 0 Å². The lowest BCUT2D eigenvalue weighted by molar-refractivity contribution is 0.234. The maximum Gasteiger partial charge on any atom is 0.321 e. The SMILES string of the molecule is Cc1ccc(OCNC(=O)Nc2ccc(S(N)(=O)=O)cc2)c(C)c1. The molecule has 2 amide bonds. The monoisotopic (exact) mass is 349 g/mol. The van der Waals surface area contributed by atoms with Gasteiger partial charge in [0.2, 0.25) is 10.0 Å². The van der Waals surface area contributed by atoms with Crippen LogP contribution in [0.5, 0.6) is 5.75 Å². The average molecular weight is 349 g/mol. The number of amides is 2. The number of aryl methyl sites for hydroxylation is 2. The molecule has 0 saturated carbocycles. The number of benzene rings is 2. The van der Waals surface area contributed by atoms with Gasteiger partial charge in [0.05, 0.1) is 4.90 Å². The van der Waals surface area contributed by atoms with Gasteiger partial charge < -0.3 is 15.4 Å². The van der Waals surface area contributed by atoms with Gasteiger partial charge in [0, 0.05) is 5.69 Å². The van der Waals surface area contributed by atoms with E-state index in [1.54, 1.807) is 0 Å². The number of rotatable bonds is 5. The summed E-state index contributed by atoms with van der Waals surface area (Å²) >= 11 is 0. The Balaban J connectivity index is 1.85. The molecule has 0 radical (unpaired) electrons. The molecule has 0 aliphatic heterocycles. The summed E-state index contributed by atoms with van der Waals surface area (Å²) < 4.78 is 27.8. The Morgan fingerprint density at radius 3 is 2.38 bits per heavy atom. The first-order valence-electron chi connectivity index (χ1n) is 7.13. The molecule has 0 fully saturated rings. The number of ether oxygens (including phenoxy) is 1. The molecule has 2 aromatic carbocycles. The zero-order chi connectivity index (χ0) is 17.7. The Bertz CT molecular complexity index is 833. The summed E-state index contributed by atoms with van der Waals surface area (Å²) in [5.41, 5.74) is 2.55. The predicted molar refractivity (Wildman–Crippen MR) is 91.4 cm³/mol. The van der Waals surface area contributed by atoms with Crippen LogP contribution in [0.3, 0.4) is 0 Å². The third-order valence-corrected chi connectivity index (χ3v) is 4.16. The topological polar surface area (TPSA) is 111 Å². The van der Waals surface area contributed by atoms with E-state index in [1.165, 1.54) is 24.3 Å². The highest BCUT2D eigenvalue weighted by Gasteiger charge is 2.08. The van der Waals surface area contributed by atoms with Gasteiger partial charge in [0.25, 0.3) is 0 Å². The second-order valence-electron chi connectivity index (χ2n) is 5.26. The minimum Gasteiger partial charge on any atom is -0.473 e. The predicted octanol–water partition coefficient (Wildman–Crippen LogP) is 2.11.